The number of benzene rings is 3. The standard InChI is InChI=1S/C30H36N2O6S/c1-21-17-32(22(2)19-33)30(34)26-14-8-7-13-25(26)24-12-6-5-11-23(24)20-38-28(21)18-31(3)39(35,36)29-16-10-9-15-27(29)37-4/h5-16,21-22,28,33H,17-20H2,1-4H3/t21-,22-,28+/m0/s1. The molecule has 208 valence electrons. The van der Waals surface area contributed by atoms with E-state index >= 15 is 0 Å². The molecule has 0 aromatic heterocycles. The first-order valence-corrected chi connectivity index (χ1v) is 14.4. The summed E-state index contributed by atoms with van der Waals surface area (Å²) in [5.74, 6) is -0.180. The van der Waals surface area contributed by atoms with E-state index in [1.54, 1.807) is 36.1 Å². The first-order valence-electron chi connectivity index (χ1n) is 13.0. The molecule has 3 aromatic carbocycles. The number of hydrogen-bond donors (Lipinski definition) is 1. The van der Waals surface area contributed by atoms with Gasteiger partial charge in [-0.25, -0.2) is 8.42 Å². The minimum Gasteiger partial charge on any atom is -0.495 e. The Balaban J connectivity index is 1.74. The third-order valence-electron chi connectivity index (χ3n) is 7.29. The van der Waals surface area contributed by atoms with Gasteiger partial charge in [-0.15, -0.1) is 0 Å². The fourth-order valence-corrected chi connectivity index (χ4v) is 6.24. The minimum absolute atomic E-state index is 0.0617. The van der Waals surface area contributed by atoms with E-state index in [2.05, 4.69) is 0 Å². The zero-order chi connectivity index (χ0) is 28.2. The molecule has 3 atom stereocenters. The van der Waals surface area contributed by atoms with Gasteiger partial charge in [0.05, 0.1) is 32.5 Å². The van der Waals surface area contributed by atoms with Crippen molar-refractivity contribution in [3.8, 4) is 16.9 Å². The van der Waals surface area contributed by atoms with Crippen molar-refractivity contribution in [2.24, 2.45) is 5.92 Å². The first kappa shape index (κ1) is 28.8. The quantitative estimate of drug-likeness (QED) is 0.475. The molecule has 1 amide bonds. The Kier molecular flexibility index (Phi) is 9.07. The number of methoxy groups -OCH3 is 1. The summed E-state index contributed by atoms with van der Waals surface area (Å²) >= 11 is 0. The number of carbonyl (C=O) groups is 1. The van der Waals surface area contributed by atoms with Gasteiger partial charge in [-0.2, -0.15) is 4.31 Å². The molecule has 0 radical (unpaired) electrons. The Morgan fingerprint density at radius 1 is 1.03 bits per heavy atom. The van der Waals surface area contributed by atoms with Gasteiger partial charge in [-0.3, -0.25) is 4.79 Å². The molecule has 0 bridgehead atoms. The first-order chi connectivity index (χ1) is 18.7. The van der Waals surface area contributed by atoms with E-state index in [4.69, 9.17) is 9.47 Å². The van der Waals surface area contributed by atoms with Gasteiger partial charge < -0.3 is 19.5 Å². The van der Waals surface area contributed by atoms with Crippen LogP contribution in [0.4, 0.5) is 0 Å². The zero-order valence-corrected chi connectivity index (χ0v) is 23.6. The van der Waals surface area contributed by atoms with Crippen LogP contribution in [0.25, 0.3) is 11.1 Å². The van der Waals surface area contributed by atoms with Crippen LogP contribution in [0.1, 0.15) is 29.8 Å². The maximum Gasteiger partial charge on any atom is 0.254 e. The van der Waals surface area contributed by atoms with Gasteiger partial charge in [-0.1, -0.05) is 61.5 Å². The van der Waals surface area contributed by atoms with Crippen LogP contribution in [-0.4, -0.2) is 74.6 Å². The van der Waals surface area contributed by atoms with E-state index in [0.717, 1.165) is 16.7 Å². The Bertz CT molecular complexity index is 1410. The topological polar surface area (TPSA) is 96.4 Å². The van der Waals surface area contributed by atoms with E-state index in [1.807, 2.05) is 49.4 Å². The molecule has 0 aliphatic carbocycles. The molecule has 9 heteroatoms. The molecule has 0 saturated carbocycles. The van der Waals surface area contributed by atoms with Crippen molar-refractivity contribution in [1.29, 1.82) is 0 Å². The van der Waals surface area contributed by atoms with Gasteiger partial charge in [0.25, 0.3) is 5.91 Å². The van der Waals surface area contributed by atoms with E-state index in [9.17, 15) is 18.3 Å². The van der Waals surface area contributed by atoms with Gasteiger partial charge >= 0.3 is 0 Å². The highest BCUT2D eigenvalue weighted by Crippen LogP contribution is 2.32. The van der Waals surface area contributed by atoms with Gasteiger partial charge in [-0.05, 0) is 41.8 Å². The number of hydrogen-bond acceptors (Lipinski definition) is 6. The van der Waals surface area contributed by atoms with Crippen LogP contribution < -0.4 is 4.74 Å². The molecule has 1 N–H and O–H groups in total. The summed E-state index contributed by atoms with van der Waals surface area (Å²) in [6.07, 6.45) is -0.546. The molecule has 0 fully saturated rings. The van der Waals surface area contributed by atoms with Gasteiger partial charge in [0.1, 0.15) is 10.6 Å². The summed E-state index contributed by atoms with van der Waals surface area (Å²) in [5.41, 5.74) is 3.11. The number of para-hydroxylation sites is 1. The summed E-state index contributed by atoms with van der Waals surface area (Å²) in [6.45, 7) is 4.12. The number of aliphatic hydroxyl groups excluding tert-OH is 1. The molecule has 8 nitrogen and oxygen atoms in total. The second kappa shape index (κ2) is 12.3. The smallest absolute Gasteiger partial charge is 0.254 e. The Hall–Kier alpha value is -3.24. The van der Waals surface area contributed by atoms with Crippen LogP contribution in [0.2, 0.25) is 0 Å². The largest absolute Gasteiger partial charge is 0.495 e. The molecular weight excluding hydrogens is 516 g/mol. The van der Waals surface area contributed by atoms with Crippen molar-refractivity contribution in [3.63, 3.8) is 0 Å². The highest BCUT2D eigenvalue weighted by atomic mass is 32.2. The number of aliphatic hydroxyl groups is 1. The van der Waals surface area contributed by atoms with Crippen molar-refractivity contribution in [1.82, 2.24) is 9.21 Å². The van der Waals surface area contributed by atoms with Crippen LogP contribution in [0.5, 0.6) is 5.75 Å². The lowest BCUT2D eigenvalue weighted by Gasteiger charge is -2.35. The zero-order valence-electron chi connectivity index (χ0n) is 22.8. The Morgan fingerprint density at radius 3 is 2.33 bits per heavy atom. The van der Waals surface area contributed by atoms with Crippen LogP contribution in [0.15, 0.2) is 77.7 Å². The maximum absolute atomic E-state index is 13.9. The predicted molar refractivity (Wildman–Crippen MR) is 150 cm³/mol. The van der Waals surface area contributed by atoms with Crippen molar-refractivity contribution in [2.45, 2.75) is 37.5 Å². The summed E-state index contributed by atoms with van der Waals surface area (Å²) < 4.78 is 40.1. The Labute approximate surface area is 230 Å². The second-order valence-electron chi connectivity index (χ2n) is 9.95. The van der Waals surface area contributed by atoms with Crippen molar-refractivity contribution in [2.75, 3.05) is 33.9 Å². The molecule has 39 heavy (non-hydrogen) atoms. The second-order valence-corrected chi connectivity index (χ2v) is 12.0. The number of sulfonamides is 1. The predicted octanol–water partition coefficient (Wildman–Crippen LogP) is 4.04. The lowest BCUT2D eigenvalue weighted by atomic mass is 9.94. The highest BCUT2D eigenvalue weighted by molar-refractivity contribution is 7.89. The number of amides is 1. The molecule has 1 aliphatic heterocycles. The molecule has 1 heterocycles. The van der Waals surface area contributed by atoms with Crippen molar-refractivity contribution < 1.29 is 27.8 Å². The van der Waals surface area contributed by atoms with E-state index in [1.165, 1.54) is 24.5 Å². The van der Waals surface area contributed by atoms with E-state index in [-0.39, 0.29) is 48.8 Å². The van der Waals surface area contributed by atoms with Gasteiger partial charge in [0.2, 0.25) is 10.0 Å². The third kappa shape index (κ3) is 6.01. The summed E-state index contributed by atoms with van der Waals surface area (Å²) in [4.78, 5) is 15.7. The lowest BCUT2D eigenvalue weighted by Crippen LogP contribution is -2.47. The van der Waals surface area contributed by atoms with Crippen LogP contribution in [-0.2, 0) is 21.4 Å². The molecular formula is C30H36N2O6S. The van der Waals surface area contributed by atoms with Crippen LogP contribution >= 0.6 is 0 Å². The van der Waals surface area contributed by atoms with Gasteiger partial charge in [0.15, 0.2) is 0 Å². The average Bonchev–Trinajstić information content (AvgIpc) is 2.98. The van der Waals surface area contributed by atoms with Crippen LogP contribution in [0.3, 0.4) is 0 Å². The van der Waals surface area contributed by atoms with E-state index < -0.39 is 22.2 Å². The molecule has 3 aromatic rings. The van der Waals surface area contributed by atoms with E-state index in [0.29, 0.717) is 5.56 Å². The van der Waals surface area contributed by atoms with Crippen molar-refractivity contribution >= 4 is 15.9 Å². The number of nitrogens with zero attached hydrogens (tertiary/aromatic N) is 2. The molecule has 4 rings (SSSR count). The SMILES string of the molecule is COc1ccccc1S(=O)(=O)N(C)C[C@H]1OCc2ccccc2-c2ccccc2C(=O)N([C@@H](C)CO)C[C@@H]1C. The number of fused-ring (bicyclic) bond motifs is 3. The summed E-state index contributed by atoms with van der Waals surface area (Å²) in [7, 11) is -0.933. The monoisotopic (exact) mass is 552 g/mol. The number of carbonyl (C=O) groups excluding carboxylic acids is 1. The number of rotatable bonds is 7. The summed E-state index contributed by atoms with van der Waals surface area (Å²) in [5, 5.41) is 10.0. The number of ether oxygens (including phenoxy) is 2. The molecule has 1 aliphatic rings. The third-order valence-corrected chi connectivity index (χ3v) is 9.15. The van der Waals surface area contributed by atoms with Crippen LogP contribution in [0, 0.1) is 5.92 Å². The van der Waals surface area contributed by atoms with Crippen molar-refractivity contribution in [3.05, 3.63) is 83.9 Å². The average molecular weight is 553 g/mol. The fraction of sp³-hybridized carbons (Fsp3) is 0.367. The minimum atomic E-state index is -3.89. The molecule has 0 unspecified atom stereocenters. The summed E-state index contributed by atoms with van der Waals surface area (Å²) in [6, 6.07) is 21.3. The maximum atomic E-state index is 13.9. The number of likely N-dealkylation sites (N-methyl/N-ethyl adjacent to an activating group) is 1. The van der Waals surface area contributed by atoms with Gasteiger partial charge in [0, 0.05) is 31.6 Å². The fourth-order valence-electron chi connectivity index (χ4n) is 4.90. The lowest BCUT2D eigenvalue weighted by molar-refractivity contribution is -0.0146. The Morgan fingerprint density at radius 2 is 1.64 bits per heavy atom. The highest BCUT2D eigenvalue weighted by Gasteiger charge is 2.33. The molecule has 0 spiro atoms. The molecule has 0 saturated heterocycles. The normalized spacial score (nSPS) is 19.1.